The van der Waals surface area contributed by atoms with Crippen molar-refractivity contribution in [3.63, 3.8) is 0 Å². The molecule has 1 N–H and O–H groups in total. The summed E-state index contributed by atoms with van der Waals surface area (Å²) in [4.78, 5) is 26.2. The largest absolute Gasteiger partial charge is 0.496 e. The van der Waals surface area contributed by atoms with E-state index in [4.69, 9.17) is 4.74 Å². The van der Waals surface area contributed by atoms with Gasteiger partial charge < -0.3 is 15.0 Å². The Kier molecular flexibility index (Phi) is 4.83. The molecule has 1 aromatic carbocycles. The minimum atomic E-state index is -0.433. The van der Waals surface area contributed by atoms with Crippen LogP contribution in [0.3, 0.4) is 0 Å². The smallest absolute Gasteiger partial charge is 0.245 e. The van der Waals surface area contributed by atoms with Gasteiger partial charge in [-0.1, -0.05) is 25.1 Å². The monoisotopic (exact) mass is 290 g/mol. The van der Waals surface area contributed by atoms with Crippen LogP contribution in [-0.2, 0) is 16.1 Å². The lowest BCUT2D eigenvalue weighted by molar-refractivity contribution is -0.135. The molecule has 1 fully saturated rings. The molecule has 114 valence electrons. The second-order valence-corrected chi connectivity index (χ2v) is 5.36. The van der Waals surface area contributed by atoms with E-state index >= 15 is 0 Å². The predicted molar refractivity (Wildman–Crippen MR) is 79.8 cm³/mol. The third-order valence-electron chi connectivity index (χ3n) is 3.87. The summed E-state index contributed by atoms with van der Waals surface area (Å²) in [5, 5.41) is 2.79. The number of ether oxygens (including phenoxy) is 1. The Hall–Kier alpha value is -2.04. The third kappa shape index (κ3) is 3.35. The Bertz CT molecular complexity index is 530. The van der Waals surface area contributed by atoms with Gasteiger partial charge in [0.1, 0.15) is 11.8 Å². The Morgan fingerprint density at radius 2 is 2.05 bits per heavy atom. The van der Waals surface area contributed by atoms with Gasteiger partial charge in [-0.05, 0) is 19.4 Å². The number of amides is 2. The molecule has 1 aromatic rings. The first-order valence-electron chi connectivity index (χ1n) is 7.28. The number of hydrogen-bond donors (Lipinski definition) is 1. The number of hydrogen-bond acceptors (Lipinski definition) is 3. The second kappa shape index (κ2) is 6.61. The minimum absolute atomic E-state index is 0.0262. The number of benzene rings is 1. The van der Waals surface area contributed by atoms with Crippen molar-refractivity contribution in [2.75, 3.05) is 7.11 Å². The molecule has 2 atom stereocenters. The SMILES string of the molecule is CCC1NC(=O)CC(C)N(Cc2ccccc2OC)C1=O. The van der Waals surface area contributed by atoms with Crippen LogP contribution in [0.25, 0.3) is 0 Å². The number of nitrogens with one attached hydrogen (secondary N) is 1. The van der Waals surface area contributed by atoms with Crippen LogP contribution in [-0.4, -0.2) is 35.9 Å². The molecule has 0 bridgehead atoms. The van der Waals surface area contributed by atoms with Crippen molar-refractivity contribution in [3.8, 4) is 5.75 Å². The molecule has 1 heterocycles. The van der Waals surface area contributed by atoms with Crippen molar-refractivity contribution in [1.29, 1.82) is 0 Å². The molecule has 1 aliphatic heterocycles. The number of nitrogens with zero attached hydrogens (tertiary/aromatic N) is 1. The second-order valence-electron chi connectivity index (χ2n) is 5.36. The third-order valence-corrected chi connectivity index (χ3v) is 3.87. The molecule has 0 spiro atoms. The van der Waals surface area contributed by atoms with E-state index in [-0.39, 0.29) is 17.9 Å². The number of methoxy groups -OCH3 is 1. The maximum Gasteiger partial charge on any atom is 0.245 e. The fourth-order valence-electron chi connectivity index (χ4n) is 2.64. The van der Waals surface area contributed by atoms with Gasteiger partial charge in [0.25, 0.3) is 0 Å². The Labute approximate surface area is 125 Å². The fourth-order valence-corrected chi connectivity index (χ4v) is 2.64. The van der Waals surface area contributed by atoms with E-state index in [1.165, 1.54) is 0 Å². The van der Waals surface area contributed by atoms with Crippen LogP contribution in [0.2, 0.25) is 0 Å². The van der Waals surface area contributed by atoms with Crippen molar-refractivity contribution in [3.05, 3.63) is 29.8 Å². The molecule has 21 heavy (non-hydrogen) atoms. The zero-order chi connectivity index (χ0) is 15.4. The number of rotatable bonds is 4. The van der Waals surface area contributed by atoms with Gasteiger partial charge in [-0.2, -0.15) is 0 Å². The van der Waals surface area contributed by atoms with Gasteiger partial charge in [-0.15, -0.1) is 0 Å². The number of carbonyl (C=O) groups excluding carboxylic acids is 2. The average Bonchev–Trinajstić information content (AvgIpc) is 2.58. The van der Waals surface area contributed by atoms with Gasteiger partial charge in [-0.3, -0.25) is 9.59 Å². The molecular formula is C16H22N2O3. The quantitative estimate of drug-likeness (QED) is 0.918. The van der Waals surface area contributed by atoms with Gasteiger partial charge >= 0.3 is 0 Å². The fraction of sp³-hybridized carbons (Fsp3) is 0.500. The highest BCUT2D eigenvalue weighted by atomic mass is 16.5. The van der Waals surface area contributed by atoms with Crippen LogP contribution in [0.4, 0.5) is 0 Å². The summed E-state index contributed by atoms with van der Waals surface area (Å²) in [7, 11) is 1.62. The lowest BCUT2D eigenvalue weighted by atomic mass is 10.1. The lowest BCUT2D eigenvalue weighted by Crippen LogP contribution is -2.45. The molecule has 0 radical (unpaired) electrons. The Balaban J connectivity index is 2.26. The lowest BCUT2D eigenvalue weighted by Gasteiger charge is -2.29. The van der Waals surface area contributed by atoms with E-state index in [0.29, 0.717) is 19.4 Å². The van der Waals surface area contributed by atoms with Crippen LogP contribution >= 0.6 is 0 Å². The van der Waals surface area contributed by atoms with Crippen molar-refractivity contribution in [2.45, 2.75) is 45.3 Å². The molecule has 0 aliphatic carbocycles. The van der Waals surface area contributed by atoms with E-state index in [9.17, 15) is 9.59 Å². The van der Waals surface area contributed by atoms with Crippen LogP contribution in [0.15, 0.2) is 24.3 Å². The van der Waals surface area contributed by atoms with Crippen molar-refractivity contribution in [1.82, 2.24) is 10.2 Å². The van der Waals surface area contributed by atoms with Crippen molar-refractivity contribution >= 4 is 11.8 Å². The predicted octanol–water partition coefficient (Wildman–Crippen LogP) is 1.71. The summed E-state index contributed by atoms with van der Waals surface area (Å²) in [5.74, 6) is 0.668. The summed E-state index contributed by atoms with van der Waals surface area (Å²) >= 11 is 0. The molecule has 0 aromatic heterocycles. The molecule has 2 amide bonds. The highest BCUT2D eigenvalue weighted by Crippen LogP contribution is 2.23. The molecular weight excluding hydrogens is 268 g/mol. The molecule has 2 unspecified atom stereocenters. The zero-order valence-electron chi connectivity index (χ0n) is 12.8. The highest BCUT2D eigenvalue weighted by molar-refractivity contribution is 5.90. The van der Waals surface area contributed by atoms with E-state index in [2.05, 4.69) is 5.32 Å². The molecule has 1 saturated heterocycles. The van der Waals surface area contributed by atoms with Gasteiger partial charge in [0.15, 0.2) is 0 Å². The maximum atomic E-state index is 12.6. The van der Waals surface area contributed by atoms with Gasteiger partial charge in [0, 0.05) is 24.6 Å². The first-order valence-corrected chi connectivity index (χ1v) is 7.28. The molecule has 0 saturated carbocycles. The van der Waals surface area contributed by atoms with Crippen molar-refractivity contribution in [2.24, 2.45) is 0 Å². The molecule has 2 rings (SSSR count). The van der Waals surface area contributed by atoms with Crippen LogP contribution in [0.5, 0.6) is 5.75 Å². The van der Waals surface area contributed by atoms with E-state index in [0.717, 1.165) is 11.3 Å². The first-order chi connectivity index (χ1) is 10.1. The Morgan fingerprint density at radius 3 is 2.71 bits per heavy atom. The summed E-state index contributed by atoms with van der Waals surface area (Å²) in [6, 6.07) is 7.08. The summed E-state index contributed by atoms with van der Waals surface area (Å²) < 4.78 is 5.34. The van der Waals surface area contributed by atoms with Crippen LogP contribution < -0.4 is 10.1 Å². The maximum absolute atomic E-state index is 12.6. The van der Waals surface area contributed by atoms with Crippen molar-refractivity contribution < 1.29 is 14.3 Å². The molecule has 5 heteroatoms. The van der Waals surface area contributed by atoms with Gasteiger partial charge in [0.05, 0.1) is 7.11 Å². The number of para-hydroxylation sites is 1. The van der Waals surface area contributed by atoms with E-state index in [1.54, 1.807) is 12.0 Å². The van der Waals surface area contributed by atoms with Crippen LogP contribution in [0, 0.1) is 0 Å². The number of carbonyl (C=O) groups is 2. The normalized spacial score (nSPS) is 22.7. The zero-order valence-corrected chi connectivity index (χ0v) is 12.8. The minimum Gasteiger partial charge on any atom is -0.496 e. The van der Waals surface area contributed by atoms with E-state index < -0.39 is 6.04 Å². The summed E-state index contributed by atoms with van der Waals surface area (Å²) in [6.07, 6.45) is 0.928. The standard InChI is InChI=1S/C16H22N2O3/c1-4-13-16(20)18(11(2)9-15(19)17-13)10-12-7-5-6-8-14(12)21-3/h5-8,11,13H,4,9-10H2,1-3H3,(H,17,19). The molecule has 5 nitrogen and oxygen atoms in total. The first kappa shape index (κ1) is 15.4. The van der Waals surface area contributed by atoms with E-state index in [1.807, 2.05) is 38.1 Å². The highest BCUT2D eigenvalue weighted by Gasteiger charge is 2.33. The topological polar surface area (TPSA) is 58.6 Å². The van der Waals surface area contributed by atoms with Gasteiger partial charge in [-0.25, -0.2) is 0 Å². The Morgan fingerprint density at radius 1 is 1.33 bits per heavy atom. The van der Waals surface area contributed by atoms with Gasteiger partial charge in [0.2, 0.25) is 11.8 Å². The molecule has 1 aliphatic rings. The van der Waals surface area contributed by atoms with Crippen LogP contribution in [0.1, 0.15) is 32.3 Å². The summed E-state index contributed by atoms with van der Waals surface area (Å²) in [5.41, 5.74) is 0.949. The average molecular weight is 290 g/mol. The summed E-state index contributed by atoms with van der Waals surface area (Å²) in [6.45, 7) is 4.26.